The smallest absolute Gasteiger partial charge is 0.269 e. The van der Waals surface area contributed by atoms with Gasteiger partial charge in [-0.3, -0.25) is 25.2 Å². The minimum absolute atomic E-state index is 0.0899. The first kappa shape index (κ1) is 23.3. The summed E-state index contributed by atoms with van der Waals surface area (Å²) >= 11 is 0. The van der Waals surface area contributed by atoms with Gasteiger partial charge in [-0.2, -0.15) is 0 Å². The van der Waals surface area contributed by atoms with Gasteiger partial charge in [-0.05, 0) is 98.0 Å². The molecule has 0 heterocycles. The molecule has 0 atom stereocenters. The zero-order valence-electron chi connectivity index (χ0n) is 18.6. The fourth-order valence-corrected chi connectivity index (χ4v) is 4.81. The van der Waals surface area contributed by atoms with Crippen LogP contribution < -0.4 is 20.3 Å². The maximum atomic E-state index is 12.6. The van der Waals surface area contributed by atoms with Crippen LogP contribution in [0.15, 0.2) is 71.6 Å². The van der Waals surface area contributed by atoms with Gasteiger partial charge in [-0.15, -0.1) is 0 Å². The molecule has 0 saturated carbocycles. The molecule has 3 N–H and O–H groups in total. The average molecular weight is 480 g/mol. The van der Waals surface area contributed by atoms with Crippen LogP contribution in [0.4, 0.5) is 5.69 Å². The van der Waals surface area contributed by atoms with Gasteiger partial charge in [0.05, 0.1) is 11.5 Å². The number of hydrazine groups is 1. The summed E-state index contributed by atoms with van der Waals surface area (Å²) in [5.74, 6) is -0.335. The molecule has 0 unspecified atom stereocenters. The lowest BCUT2D eigenvalue weighted by Crippen LogP contribution is -2.41. The number of benzene rings is 3. The lowest BCUT2D eigenvalue weighted by Gasteiger charge is -2.11. The first-order valence-corrected chi connectivity index (χ1v) is 12.4. The fourth-order valence-electron chi connectivity index (χ4n) is 3.76. The maximum Gasteiger partial charge on any atom is 0.269 e. The number of carbonyl (C=O) groups is 2. The Morgan fingerprint density at radius 2 is 1.44 bits per heavy atom. The zero-order chi connectivity index (χ0) is 24.1. The largest absolute Gasteiger partial charge is 0.494 e. The molecular formula is C25H25N3O5S. The predicted molar refractivity (Wildman–Crippen MR) is 128 cm³/mol. The number of sulfonamides is 1. The predicted octanol–water partition coefficient (Wildman–Crippen LogP) is 3.45. The van der Waals surface area contributed by atoms with Crippen LogP contribution in [-0.4, -0.2) is 26.8 Å². The van der Waals surface area contributed by atoms with E-state index in [0.717, 1.165) is 19.3 Å². The molecule has 0 radical (unpaired) electrons. The molecule has 8 nitrogen and oxygen atoms in total. The van der Waals surface area contributed by atoms with Crippen LogP contribution in [-0.2, 0) is 22.9 Å². The van der Waals surface area contributed by atoms with Crippen molar-refractivity contribution in [3.63, 3.8) is 0 Å². The Kier molecular flexibility index (Phi) is 6.83. The summed E-state index contributed by atoms with van der Waals surface area (Å²) in [6, 6.07) is 17.5. The van der Waals surface area contributed by atoms with E-state index in [4.69, 9.17) is 4.74 Å². The summed E-state index contributed by atoms with van der Waals surface area (Å²) in [5.41, 5.74) is 8.28. The van der Waals surface area contributed by atoms with Crippen molar-refractivity contribution in [3.8, 4) is 5.75 Å². The summed E-state index contributed by atoms with van der Waals surface area (Å²) in [7, 11) is -3.80. The van der Waals surface area contributed by atoms with E-state index < -0.39 is 21.8 Å². The summed E-state index contributed by atoms with van der Waals surface area (Å²) in [6.45, 7) is 2.33. The second kappa shape index (κ2) is 9.96. The van der Waals surface area contributed by atoms with Crippen LogP contribution in [0.5, 0.6) is 5.75 Å². The van der Waals surface area contributed by atoms with E-state index in [9.17, 15) is 18.0 Å². The molecule has 0 aromatic heterocycles. The lowest BCUT2D eigenvalue weighted by molar-refractivity contribution is 0.0846. The summed E-state index contributed by atoms with van der Waals surface area (Å²) in [5, 5.41) is 0. The second-order valence-corrected chi connectivity index (χ2v) is 9.51. The van der Waals surface area contributed by atoms with Crippen molar-refractivity contribution in [1.29, 1.82) is 0 Å². The first-order chi connectivity index (χ1) is 16.4. The highest BCUT2D eigenvalue weighted by Crippen LogP contribution is 2.23. The SMILES string of the molecule is CCOc1ccc(S(=O)(=O)Nc2ccc(C(=O)NNC(=O)c3ccc4c(c3)CCC4)cc2)cc1. The molecule has 4 rings (SSSR count). The Balaban J connectivity index is 1.34. The Hall–Kier alpha value is -3.85. The van der Waals surface area contributed by atoms with Gasteiger partial charge in [0.25, 0.3) is 21.8 Å². The third-order valence-corrected chi connectivity index (χ3v) is 6.89. The average Bonchev–Trinajstić information content (AvgIpc) is 3.31. The van der Waals surface area contributed by atoms with Gasteiger partial charge in [-0.1, -0.05) is 6.07 Å². The van der Waals surface area contributed by atoms with Crippen LogP contribution in [0.25, 0.3) is 0 Å². The van der Waals surface area contributed by atoms with Gasteiger partial charge in [0.15, 0.2) is 0 Å². The number of aryl methyl sites for hydroxylation is 2. The number of hydrogen-bond donors (Lipinski definition) is 3. The third-order valence-electron chi connectivity index (χ3n) is 5.49. The summed E-state index contributed by atoms with van der Waals surface area (Å²) in [6.07, 6.45) is 3.07. The molecule has 0 aliphatic heterocycles. The fraction of sp³-hybridized carbons (Fsp3) is 0.200. The van der Waals surface area contributed by atoms with E-state index in [-0.39, 0.29) is 10.5 Å². The summed E-state index contributed by atoms with van der Waals surface area (Å²) in [4.78, 5) is 24.9. The molecule has 1 aliphatic rings. The standard InChI is InChI=1S/C25H25N3O5S/c1-2-33-22-12-14-23(15-13-22)34(31,32)28-21-10-8-18(9-11-21)24(29)26-27-25(30)20-7-6-17-4-3-5-19(17)16-20/h6-16,28H,2-5H2,1H3,(H,26,29)(H,27,30). The minimum atomic E-state index is -3.80. The van der Waals surface area contributed by atoms with Crippen molar-refractivity contribution < 1.29 is 22.7 Å². The Labute approximate surface area is 198 Å². The van der Waals surface area contributed by atoms with Crippen molar-refractivity contribution in [3.05, 3.63) is 89.0 Å². The molecular weight excluding hydrogens is 454 g/mol. The Morgan fingerprint density at radius 1 is 0.824 bits per heavy atom. The molecule has 3 aromatic rings. The van der Waals surface area contributed by atoms with Crippen molar-refractivity contribution in [2.24, 2.45) is 0 Å². The van der Waals surface area contributed by atoms with Crippen LogP contribution >= 0.6 is 0 Å². The summed E-state index contributed by atoms with van der Waals surface area (Å²) < 4.78 is 33.0. The molecule has 0 saturated heterocycles. The molecule has 0 fully saturated rings. The molecule has 1 aliphatic carbocycles. The van der Waals surface area contributed by atoms with Gasteiger partial charge in [0.2, 0.25) is 0 Å². The number of amides is 2. The highest BCUT2D eigenvalue weighted by atomic mass is 32.2. The van der Waals surface area contributed by atoms with E-state index in [0.29, 0.717) is 23.6 Å². The Morgan fingerprint density at radius 3 is 2.12 bits per heavy atom. The van der Waals surface area contributed by atoms with Gasteiger partial charge in [-0.25, -0.2) is 8.42 Å². The van der Waals surface area contributed by atoms with Crippen LogP contribution in [0, 0.1) is 0 Å². The van der Waals surface area contributed by atoms with Crippen molar-refractivity contribution in [2.75, 3.05) is 11.3 Å². The maximum absolute atomic E-state index is 12.6. The topological polar surface area (TPSA) is 114 Å². The number of nitrogens with one attached hydrogen (secondary N) is 3. The monoisotopic (exact) mass is 479 g/mol. The van der Waals surface area contributed by atoms with Crippen LogP contribution in [0.1, 0.15) is 45.2 Å². The Bertz CT molecular complexity index is 1300. The number of anilines is 1. The number of carbonyl (C=O) groups excluding carboxylic acids is 2. The van der Waals surface area contributed by atoms with Crippen LogP contribution in [0.3, 0.4) is 0 Å². The quantitative estimate of drug-likeness (QED) is 0.449. The highest BCUT2D eigenvalue weighted by molar-refractivity contribution is 7.92. The highest BCUT2D eigenvalue weighted by Gasteiger charge is 2.16. The van der Waals surface area contributed by atoms with E-state index in [1.165, 1.54) is 47.5 Å². The van der Waals surface area contributed by atoms with Gasteiger partial charge >= 0.3 is 0 Å². The molecule has 3 aromatic carbocycles. The van der Waals surface area contributed by atoms with E-state index in [1.807, 2.05) is 19.1 Å². The van der Waals surface area contributed by atoms with Gasteiger partial charge in [0.1, 0.15) is 5.75 Å². The number of fused-ring (bicyclic) bond motifs is 1. The normalized spacial score (nSPS) is 12.5. The number of rotatable bonds is 7. The number of hydrogen-bond acceptors (Lipinski definition) is 5. The molecule has 0 spiro atoms. The van der Waals surface area contributed by atoms with Crippen molar-refractivity contribution >= 4 is 27.5 Å². The molecule has 2 amide bonds. The van der Waals surface area contributed by atoms with Gasteiger partial charge in [0, 0.05) is 16.8 Å². The van der Waals surface area contributed by atoms with Crippen LogP contribution in [0.2, 0.25) is 0 Å². The van der Waals surface area contributed by atoms with E-state index >= 15 is 0 Å². The minimum Gasteiger partial charge on any atom is -0.494 e. The van der Waals surface area contributed by atoms with E-state index in [2.05, 4.69) is 15.6 Å². The van der Waals surface area contributed by atoms with Crippen molar-refractivity contribution in [1.82, 2.24) is 10.9 Å². The molecule has 9 heteroatoms. The second-order valence-electron chi connectivity index (χ2n) is 7.83. The van der Waals surface area contributed by atoms with Gasteiger partial charge < -0.3 is 4.74 Å². The lowest BCUT2D eigenvalue weighted by atomic mass is 10.1. The zero-order valence-corrected chi connectivity index (χ0v) is 19.4. The van der Waals surface area contributed by atoms with E-state index in [1.54, 1.807) is 18.2 Å². The first-order valence-electron chi connectivity index (χ1n) is 10.9. The molecule has 0 bridgehead atoms. The number of ether oxygens (including phenoxy) is 1. The molecule has 176 valence electrons. The van der Waals surface area contributed by atoms with Crippen molar-refractivity contribution in [2.45, 2.75) is 31.1 Å². The third kappa shape index (κ3) is 5.37. The molecule has 34 heavy (non-hydrogen) atoms.